The summed E-state index contributed by atoms with van der Waals surface area (Å²) in [5.74, 6) is 0.875. The minimum Gasteiger partial charge on any atom is -0.371 e. The third kappa shape index (κ3) is 3.67. The molecule has 2 aliphatic rings. The molecule has 28 heavy (non-hydrogen) atoms. The van der Waals surface area contributed by atoms with Gasteiger partial charge in [-0.3, -0.25) is 4.98 Å². The summed E-state index contributed by atoms with van der Waals surface area (Å²) in [7, 11) is 0. The van der Waals surface area contributed by atoms with Gasteiger partial charge in [0.25, 0.3) is 0 Å². The Kier molecular flexibility index (Phi) is 4.83. The van der Waals surface area contributed by atoms with Crippen LogP contribution >= 0.6 is 0 Å². The van der Waals surface area contributed by atoms with E-state index in [0.717, 1.165) is 49.5 Å². The first kappa shape index (κ1) is 17.4. The highest BCUT2D eigenvalue weighted by Crippen LogP contribution is 2.28. The Labute approximate surface area is 165 Å². The second-order valence-electron chi connectivity index (χ2n) is 7.87. The summed E-state index contributed by atoms with van der Waals surface area (Å²) in [6, 6.07) is 13.5. The molecule has 0 saturated carbocycles. The van der Waals surface area contributed by atoms with Crippen molar-refractivity contribution in [2.45, 2.75) is 44.7 Å². The summed E-state index contributed by atoms with van der Waals surface area (Å²) in [5.41, 5.74) is 6.34. The molecule has 1 N–H and O–H groups in total. The van der Waals surface area contributed by atoms with Gasteiger partial charge in [-0.15, -0.1) is 0 Å². The Balaban J connectivity index is 1.13. The van der Waals surface area contributed by atoms with Gasteiger partial charge in [-0.2, -0.15) is 0 Å². The zero-order valence-corrected chi connectivity index (χ0v) is 16.1. The second-order valence-corrected chi connectivity index (χ2v) is 7.87. The molecule has 5 rings (SSSR count). The van der Waals surface area contributed by atoms with Gasteiger partial charge < -0.3 is 14.7 Å². The van der Waals surface area contributed by atoms with Crippen molar-refractivity contribution < 1.29 is 4.52 Å². The summed E-state index contributed by atoms with van der Waals surface area (Å²) in [6.07, 6.45) is 9.70. The highest BCUT2D eigenvalue weighted by molar-refractivity contribution is 5.57. The quantitative estimate of drug-likeness (QED) is 0.732. The number of rotatable bonds is 5. The van der Waals surface area contributed by atoms with E-state index in [9.17, 15) is 0 Å². The van der Waals surface area contributed by atoms with Crippen molar-refractivity contribution in [1.82, 2.24) is 15.5 Å². The van der Waals surface area contributed by atoms with E-state index in [2.05, 4.69) is 38.6 Å². The van der Waals surface area contributed by atoms with Gasteiger partial charge in [0.05, 0.1) is 6.54 Å². The Morgan fingerprint density at radius 2 is 1.96 bits per heavy atom. The molecular formula is C23H26N4O. The molecule has 3 heterocycles. The molecule has 2 aromatic heterocycles. The lowest BCUT2D eigenvalue weighted by atomic mass is 10.0. The van der Waals surface area contributed by atoms with Crippen molar-refractivity contribution in [2.24, 2.45) is 0 Å². The monoisotopic (exact) mass is 374 g/mol. The van der Waals surface area contributed by atoms with Crippen LogP contribution in [0.4, 0.5) is 5.69 Å². The lowest BCUT2D eigenvalue weighted by Crippen LogP contribution is -2.42. The lowest BCUT2D eigenvalue weighted by molar-refractivity contribution is 0.347. The van der Waals surface area contributed by atoms with Gasteiger partial charge in [-0.25, -0.2) is 0 Å². The Morgan fingerprint density at radius 3 is 2.82 bits per heavy atom. The van der Waals surface area contributed by atoms with Crippen molar-refractivity contribution in [3.63, 3.8) is 0 Å². The SMILES string of the molecule is c1cncc(-c2cc(CNC3CCN(c4ccc5c(c4)CCC5)CC3)on2)c1. The number of piperidine rings is 1. The molecule has 1 aromatic carbocycles. The molecule has 0 bridgehead atoms. The second kappa shape index (κ2) is 7.76. The fraction of sp³-hybridized carbons (Fsp3) is 0.391. The van der Waals surface area contributed by atoms with E-state index in [1.807, 2.05) is 24.4 Å². The average Bonchev–Trinajstić information content (AvgIpc) is 3.42. The Bertz CT molecular complexity index is 929. The van der Waals surface area contributed by atoms with Crippen molar-refractivity contribution >= 4 is 5.69 Å². The first-order valence-corrected chi connectivity index (χ1v) is 10.3. The number of aryl methyl sites for hydroxylation is 2. The van der Waals surface area contributed by atoms with E-state index < -0.39 is 0 Å². The molecular weight excluding hydrogens is 348 g/mol. The third-order valence-electron chi connectivity index (χ3n) is 6.02. The molecule has 0 radical (unpaired) electrons. The van der Waals surface area contributed by atoms with Crippen LogP contribution in [0.15, 0.2) is 53.3 Å². The molecule has 0 atom stereocenters. The summed E-state index contributed by atoms with van der Waals surface area (Å²) in [4.78, 5) is 6.67. The molecule has 5 nitrogen and oxygen atoms in total. The van der Waals surface area contributed by atoms with E-state index in [1.165, 1.54) is 24.9 Å². The standard InChI is InChI=1S/C23H26N4O/c1-3-17-6-7-21(13-18(17)4-1)27-11-8-20(9-12-27)25-16-22-14-23(26-28-22)19-5-2-10-24-15-19/h2,5-7,10,13-15,20,25H,1,3-4,8-9,11-12,16H2. The van der Waals surface area contributed by atoms with Crippen molar-refractivity contribution in [1.29, 1.82) is 0 Å². The van der Waals surface area contributed by atoms with Crippen molar-refractivity contribution in [3.8, 4) is 11.3 Å². The molecule has 1 aliphatic carbocycles. The summed E-state index contributed by atoms with van der Waals surface area (Å²) < 4.78 is 5.49. The van der Waals surface area contributed by atoms with Gasteiger partial charge in [0.15, 0.2) is 5.76 Å². The van der Waals surface area contributed by atoms with Crippen molar-refractivity contribution in [3.05, 3.63) is 65.7 Å². The summed E-state index contributed by atoms with van der Waals surface area (Å²) >= 11 is 0. The predicted molar refractivity (Wildman–Crippen MR) is 110 cm³/mol. The van der Waals surface area contributed by atoms with Crippen LogP contribution in [0.2, 0.25) is 0 Å². The topological polar surface area (TPSA) is 54.2 Å². The highest BCUT2D eigenvalue weighted by atomic mass is 16.5. The number of nitrogens with one attached hydrogen (secondary N) is 1. The number of fused-ring (bicyclic) bond motifs is 1. The van der Waals surface area contributed by atoms with Gasteiger partial charge in [-0.05, 0) is 67.5 Å². The summed E-state index contributed by atoms with van der Waals surface area (Å²) in [6.45, 7) is 2.93. The van der Waals surface area contributed by atoms with E-state index in [4.69, 9.17) is 4.52 Å². The maximum absolute atomic E-state index is 5.49. The predicted octanol–water partition coefficient (Wildman–Crippen LogP) is 3.98. The largest absolute Gasteiger partial charge is 0.371 e. The average molecular weight is 374 g/mol. The first-order chi connectivity index (χ1) is 13.8. The molecule has 144 valence electrons. The number of anilines is 1. The van der Waals surface area contributed by atoms with Crippen LogP contribution in [0.3, 0.4) is 0 Å². The van der Waals surface area contributed by atoms with Gasteiger partial charge in [0.2, 0.25) is 0 Å². The molecule has 1 fully saturated rings. The van der Waals surface area contributed by atoms with Crippen LogP contribution in [0.5, 0.6) is 0 Å². The number of benzene rings is 1. The number of nitrogens with zero attached hydrogens (tertiary/aromatic N) is 3. The molecule has 3 aromatic rings. The Morgan fingerprint density at radius 1 is 1.07 bits per heavy atom. The molecule has 1 saturated heterocycles. The molecule has 0 spiro atoms. The minimum atomic E-state index is 0.526. The maximum Gasteiger partial charge on any atom is 0.151 e. The molecule has 0 amide bonds. The van der Waals surface area contributed by atoms with Crippen molar-refractivity contribution in [2.75, 3.05) is 18.0 Å². The van der Waals surface area contributed by atoms with Gasteiger partial charge in [-0.1, -0.05) is 11.2 Å². The summed E-state index contributed by atoms with van der Waals surface area (Å²) in [5, 5.41) is 7.81. The fourth-order valence-corrected chi connectivity index (χ4v) is 4.39. The van der Waals surface area contributed by atoms with E-state index in [0.29, 0.717) is 6.04 Å². The van der Waals surface area contributed by atoms with E-state index >= 15 is 0 Å². The zero-order chi connectivity index (χ0) is 18.8. The number of pyridine rings is 1. The smallest absolute Gasteiger partial charge is 0.151 e. The normalized spacial score (nSPS) is 17.1. The number of hydrogen-bond acceptors (Lipinski definition) is 5. The van der Waals surface area contributed by atoms with Crippen LogP contribution in [0.25, 0.3) is 11.3 Å². The molecule has 5 heteroatoms. The van der Waals surface area contributed by atoms with Crippen LogP contribution in [-0.4, -0.2) is 29.3 Å². The van der Waals surface area contributed by atoms with Gasteiger partial charge in [0.1, 0.15) is 5.69 Å². The number of hydrogen-bond donors (Lipinski definition) is 1. The van der Waals surface area contributed by atoms with Crippen LogP contribution in [0.1, 0.15) is 36.1 Å². The maximum atomic E-state index is 5.49. The highest BCUT2D eigenvalue weighted by Gasteiger charge is 2.21. The lowest BCUT2D eigenvalue weighted by Gasteiger charge is -2.34. The molecule has 0 unspecified atom stereocenters. The van der Waals surface area contributed by atoms with E-state index in [-0.39, 0.29) is 0 Å². The van der Waals surface area contributed by atoms with Gasteiger partial charge in [0, 0.05) is 48.8 Å². The van der Waals surface area contributed by atoms with Crippen LogP contribution in [0, 0.1) is 0 Å². The Hall–Kier alpha value is -2.66. The first-order valence-electron chi connectivity index (χ1n) is 10.3. The van der Waals surface area contributed by atoms with E-state index in [1.54, 1.807) is 17.3 Å². The van der Waals surface area contributed by atoms with Crippen LogP contribution in [-0.2, 0) is 19.4 Å². The number of aromatic nitrogens is 2. The van der Waals surface area contributed by atoms with Gasteiger partial charge >= 0.3 is 0 Å². The van der Waals surface area contributed by atoms with Crippen LogP contribution < -0.4 is 10.2 Å². The minimum absolute atomic E-state index is 0.526. The fourth-order valence-electron chi connectivity index (χ4n) is 4.39. The third-order valence-corrected chi connectivity index (χ3v) is 6.02. The zero-order valence-electron chi connectivity index (χ0n) is 16.1. The molecule has 1 aliphatic heterocycles.